The fourth-order valence-corrected chi connectivity index (χ4v) is 2.31. The molecule has 0 aliphatic carbocycles. The van der Waals surface area contributed by atoms with Crippen molar-refractivity contribution >= 4 is 0 Å². The van der Waals surface area contributed by atoms with E-state index in [9.17, 15) is 13.2 Å². The summed E-state index contributed by atoms with van der Waals surface area (Å²) in [4.78, 5) is 2.06. The van der Waals surface area contributed by atoms with Gasteiger partial charge in [-0.05, 0) is 12.6 Å². The summed E-state index contributed by atoms with van der Waals surface area (Å²) in [6, 6.07) is 6.25. The maximum atomic E-state index is 13.1. The van der Waals surface area contributed by atoms with Gasteiger partial charge in [-0.2, -0.15) is 13.2 Å². The summed E-state index contributed by atoms with van der Waals surface area (Å²) in [5, 5.41) is 2.59. The second-order valence-corrected chi connectivity index (χ2v) is 5.05. The second kappa shape index (κ2) is 6.56. The van der Waals surface area contributed by atoms with Crippen molar-refractivity contribution in [2.75, 3.05) is 33.3 Å². The number of hydrogen-bond donors (Lipinski definition) is 1. The van der Waals surface area contributed by atoms with E-state index in [4.69, 9.17) is 4.74 Å². The van der Waals surface area contributed by atoms with Crippen LogP contribution in [0.4, 0.5) is 13.2 Å². The van der Waals surface area contributed by atoms with Gasteiger partial charge in [0.25, 0.3) is 0 Å². The second-order valence-electron chi connectivity index (χ2n) is 5.05. The molecule has 1 aliphatic heterocycles. The van der Waals surface area contributed by atoms with Gasteiger partial charge in [-0.3, -0.25) is 5.32 Å². The Morgan fingerprint density at radius 1 is 1.35 bits per heavy atom. The van der Waals surface area contributed by atoms with Gasteiger partial charge in [0.1, 0.15) is 6.04 Å². The van der Waals surface area contributed by atoms with Crippen LogP contribution >= 0.6 is 0 Å². The lowest BCUT2D eigenvalue weighted by Gasteiger charge is -2.32. The van der Waals surface area contributed by atoms with E-state index >= 15 is 0 Å². The van der Waals surface area contributed by atoms with Crippen molar-refractivity contribution in [1.82, 2.24) is 10.2 Å². The first-order valence-electron chi connectivity index (χ1n) is 6.62. The predicted octanol–water partition coefficient (Wildman–Crippen LogP) is 2.21. The monoisotopic (exact) mass is 288 g/mol. The lowest BCUT2D eigenvalue weighted by atomic mass is 10.1. The predicted molar refractivity (Wildman–Crippen MR) is 70.5 cm³/mol. The van der Waals surface area contributed by atoms with Crippen LogP contribution < -0.4 is 5.32 Å². The molecule has 0 amide bonds. The van der Waals surface area contributed by atoms with Crippen molar-refractivity contribution in [3.63, 3.8) is 0 Å². The molecular formula is C14H19F3N2O. The molecule has 0 aromatic heterocycles. The summed E-state index contributed by atoms with van der Waals surface area (Å²) < 4.78 is 44.8. The Kier molecular flexibility index (Phi) is 5.01. The first-order chi connectivity index (χ1) is 9.47. The smallest absolute Gasteiger partial charge is 0.374 e. The van der Waals surface area contributed by atoms with Crippen molar-refractivity contribution in [1.29, 1.82) is 0 Å². The molecule has 112 valence electrons. The van der Waals surface area contributed by atoms with Gasteiger partial charge in [0.15, 0.2) is 0 Å². The van der Waals surface area contributed by atoms with Gasteiger partial charge in [0.2, 0.25) is 0 Å². The fraction of sp³-hybridized carbons (Fsp3) is 0.571. The Hall–Kier alpha value is -1.11. The van der Waals surface area contributed by atoms with E-state index in [1.165, 1.54) is 12.1 Å². The van der Waals surface area contributed by atoms with Crippen LogP contribution in [-0.4, -0.2) is 50.5 Å². The summed E-state index contributed by atoms with van der Waals surface area (Å²) in [7, 11) is 1.94. The normalized spacial score (nSPS) is 22.7. The quantitative estimate of drug-likeness (QED) is 0.919. The van der Waals surface area contributed by atoms with E-state index in [1.54, 1.807) is 18.2 Å². The number of benzene rings is 1. The highest BCUT2D eigenvalue weighted by Crippen LogP contribution is 2.32. The van der Waals surface area contributed by atoms with Crippen LogP contribution in [0.15, 0.2) is 30.3 Å². The molecule has 0 saturated carbocycles. The van der Waals surface area contributed by atoms with Crippen LogP contribution in [-0.2, 0) is 4.74 Å². The molecule has 0 bridgehead atoms. The van der Waals surface area contributed by atoms with Gasteiger partial charge >= 0.3 is 6.18 Å². The molecule has 1 aromatic rings. The molecule has 1 aromatic carbocycles. The van der Waals surface area contributed by atoms with Crippen molar-refractivity contribution in [2.24, 2.45) is 0 Å². The molecule has 20 heavy (non-hydrogen) atoms. The van der Waals surface area contributed by atoms with Crippen molar-refractivity contribution in [3.8, 4) is 0 Å². The molecule has 0 spiro atoms. The Morgan fingerprint density at radius 3 is 2.65 bits per heavy atom. The third kappa shape index (κ3) is 4.19. The first kappa shape index (κ1) is 15.3. The fourth-order valence-electron chi connectivity index (χ4n) is 2.31. The highest BCUT2D eigenvalue weighted by molar-refractivity contribution is 5.20. The topological polar surface area (TPSA) is 24.5 Å². The van der Waals surface area contributed by atoms with E-state index in [0.717, 1.165) is 6.54 Å². The Labute approximate surface area is 116 Å². The number of nitrogens with zero attached hydrogens (tertiary/aromatic N) is 1. The third-order valence-electron chi connectivity index (χ3n) is 3.35. The molecule has 1 heterocycles. The van der Waals surface area contributed by atoms with E-state index in [0.29, 0.717) is 13.2 Å². The molecule has 2 atom stereocenters. The minimum absolute atomic E-state index is 0.184. The van der Waals surface area contributed by atoms with Crippen LogP contribution in [0.5, 0.6) is 0 Å². The zero-order valence-electron chi connectivity index (χ0n) is 11.4. The number of ether oxygens (including phenoxy) is 1. The van der Waals surface area contributed by atoms with E-state index < -0.39 is 12.2 Å². The van der Waals surface area contributed by atoms with Gasteiger partial charge in [0, 0.05) is 19.6 Å². The zero-order valence-corrected chi connectivity index (χ0v) is 11.4. The Morgan fingerprint density at radius 2 is 2.05 bits per heavy atom. The van der Waals surface area contributed by atoms with Crippen LogP contribution in [0.3, 0.4) is 0 Å². The number of nitrogens with one attached hydrogen (secondary N) is 1. The van der Waals surface area contributed by atoms with Gasteiger partial charge < -0.3 is 9.64 Å². The highest BCUT2D eigenvalue weighted by Gasteiger charge is 2.40. The zero-order chi connectivity index (χ0) is 14.6. The molecule has 2 unspecified atom stereocenters. The number of rotatable bonds is 4. The average molecular weight is 288 g/mol. The largest absolute Gasteiger partial charge is 0.407 e. The van der Waals surface area contributed by atoms with Gasteiger partial charge in [0.05, 0.1) is 12.7 Å². The van der Waals surface area contributed by atoms with Crippen molar-refractivity contribution in [3.05, 3.63) is 35.9 Å². The van der Waals surface area contributed by atoms with Crippen LogP contribution in [0.25, 0.3) is 0 Å². The first-order valence-corrected chi connectivity index (χ1v) is 6.62. The van der Waals surface area contributed by atoms with E-state index in [-0.39, 0.29) is 18.2 Å². The molecule has 1 aliphatic rings. The lowest BCUT2D eigenvalue weighted by molar-refractivity contribution is -0.159. The maximum absolute atomic E-state index is 13.1. The van der Waals surface area contributed by atoms with E-state index in [1.807, 2.05) is 7.05 Å². The van der Waals surface area contributed by atoms with Crippen molar-refractivity contribution in [2.45, 2.75) is 18.3 Å². The number of alkyl halides is 3. The molecule has 6 heteroatoms. The molecule has 1 N–H and O–H groups in total. The summed E-state index contributed by atoms with van der Waals surface area (Å²) in [6.07, 6.45) is -4.52. The van der Waals surface area contributed by atoms with Gasteiger partial charge in [-0.1, -0.05) is 30.3 Å². The SMILES string of the molecule is CN1CCOC(CNC(c2ccccc2)C(F)(F)F)C1. The minimum atomic E-state index is -4.32. The van der Waals surface area contributed by atoms with Gasteiger partial charge in [-0.25, -0.2) is 0 Å². The minimum Gasteiger partial charge on any atom is -0.374 e. The summed E-state index contributed by atoms with van der Waals surface area (Å²) in [6.45, 7) is 2.21. The standard InChI is InChI=1S/C14H19F3N2O/c1-19-7-8-20-12(10-19)9-18-13(14(15,16)17)11-5-3-2-4-6-11/h2-6,12-13,18H,7-10H2,1H3. The van der Waals surface area contributed by atoms with Crippen molar-refractivity contribution < 1.29 is 17.9 Å². The summed E-state index contributed by atoms with van der Waals surface area (Å²) in [5.41, 5.74) is 0.226. The van der Waals surface area contributed by atoms with Crippen LogP contribution in [0.2, 0.25) is 0 Å². The third-order valence-corrected chi connectivity index (χ3v) is 3.35. The number of halogens is 3. The number of hydrogen-bond acceptors (Lipinski definition) is 3. The Bertz CT molecular complexity index is 411. The highest BCUT2D eigenvalue weighted by atomic mass is 19.4. The molecule has 3 nitrogen and oxygen atoms in total. The summed E-state index contributed by atoms with van der Waals surface area (Å²) >= 11 is 0. The maximum Gasteiger partial charge on any atom is 0.407 e. The summed E-state index contributed by atoms with van der Waals surface area (Å²) in [5.74, 6) is 0. The molecular weight excluding hydrogens is 269 g/mol. The van der Waals surface area contributed by atoms with Gasteiger partial charge in [-0.15, -0.1) is 0 Å². The lowest BCUT2D eigenvalue weighted by Crippen LogP contribution is -2.47. The molecule has 2 rings (SSSR count). The van der Waals surface area contributed by atoms with Crippen LogP contribution in [0.1, 0.15) is 11.6 Å². The number of morpholine rings is 1. The van der Waals surface area contributed by atoms with E-state index in [2.05, 4.69) is 10.2 Å². The molecule has 1 fully saturated rings. The average Bonchev–Trinajstić information content (AvgIpc) is 2.39. The molecule has 0 radical (unpaired) electrons. The number of likely N-dealkylation sites (N-methyl/N-ethyl adjacent to an activating group) is 1. The molecule has 1 saturated heterocycles. The Balaban J connectivity index is 1.98. The van der Waals surface area contributed by atoms with Crippen LogP contribution in [0, 0.1) is 0 Å².